The van der Waals surface area contributed by atoms with Crippen molar-refractivity contribution < 1.29 is 13.2 Å². The van der Waals surface area contributed by atoms with Crippen LogP contribution in [0.15, 0.2) is 83.0 Å². The van der Waals surface area contributed by atoms with Gasteiger partial charge in [-0.05, 0) is 42.6 Å². The summed E-state index contributed by atoms with van der Waals surface area (Å²) in [5, 5.41) is 14.0. The van der Waals surface area contributed by atoms with Crippen molar-refractivity contribution in [3.63, 3.8) is 0 Å². The first-order valence-corrected chi connectivity index (χ1v) is 14.0. The number of hydrogen-bond acceptors (Lipinski definition) is 9. The molecule has 1 aliphatic rings. The molecule has 6 rings (SSSR count). The molecule has 2 N–H and O–H groups in total. The summed E-state index contributed by atoms with van der Waals surface area (Å²) in [6.45, 7) is 1.74. The van der Waals surface area contributed by atoms with Crippen LogP contribution < -0.4 is 10.0 Å². The van der Waals surface area contributed by atoms with Crippen LogP contribution in [0.1, 0.15) is 5.69 Å². The number of amides is 1. The first kappa shape index (κ1) is 23.9. The highest BCUT2D eigenvalue weighted by molar-refractivity contribution is 7.99. The van der Waals surface area contributed by atoms with E-state index in [9.17, 15) is 13.2 Å². The molecule has 0 aliphatic heterocycles. The van der Waals surface area contributed by atoms with Gasteiger partial charge in [-0.25, -0.2) is 28.1 Å². The maximum absolute atomic E-state index is 12.6. The molecule has 0 bridgehead atoms. The molecule has 0 atom stereocenters. The largest absolute Gasteiger partial charge is 0.325 e. The minimum atomic E-state index is -3.88. The van der Waals surface area contributed by atoms with Gasteiger partial charge >= 0.3 is 0 Å². The van der Waals surface area contributed by atoms with E-state index in [1.165, 1.54) is 42.2 Å². The zero-order chi connectivity index (χ0) is 26.3. The fourth-order valence-corrected chi connectivity index (χ4v) is 5.74. The molecule has 0 saturated heterocycles. The van der Waals surface area contributed by atoms with E-state index in [0.717, 1.165) is 33.3 Å². The normalized spacial score (nSPS) is 11.8. The highest BCUT2D eigenvalue weighted by atomic mass is 32.2. The Bertz CT molecular complexity index is 1820. The predicted octanol–water partition coefficient (Wildman–Crippen LogP) is 4.30. The Hall–Kier alpha value is -4.42. The topological polar surface area (TPSA) is 140 Å². The number of carbonyl (C=O) groups is 1. The Balaban J connectivity index is 1.10. The Morgan fingerprint density at radius 2 is 1.63 bits per heavy atom. The number of hydrogen-bond donors (Lipinski definition) is 2. The molecule has 1 amide bonds. The number of aromatic nitrogens is 5. The number of nitrogens with one attached hydrogen (secondary N) is 2. The summed E-state index contributed by atoms with van der Waals surface area (Å²) in [6.07, 6.45) is 1.47. The van der Waals surface area contributed by atoms with E-state index in [2.05, 4.69) is 47.3 Å². The number of fused-ring (bicyclic) bond motifs is 3. The lowest BCUT2D eigenvalue weighted by Gasteiger charge is -2.09. The lowest BCUT2D eigenvalue weighted by Crippen LogP contribution is -2.16. The summed E-state index contributed by atoms with van der Waals surface area (Å²) in [4.78, 5) is 25.2. The summed E-state index contributed by atoms with van der Waals surface area (Å²) >= 11 is 1.18. The summed E-state index contributed by atoms with van der Waals surface area (Å²) < 4.78 is 27.6. The highest BCUT2D eigenvalue weighted by Gasteiger charge is 2.25. The van der Waals surface area contributed by atoms with Crippen LogP contribution in [0, 0.1) is 6.92 Å². The minimum Gasteiger partial charge on any atom is -0.325 e. The lowest BCUT2D eigenvalue weighted by atomic mass is 10.0. The van der Waals surface area contributed by atoms with Crippen LogP contribution in [-0.4, -0.2) is 45.2 Å². The number of thioether (sulfide) groups is 1. The van der Waals surface area contributed by atoms with Gasteiger partial charge in [-0.3, -0.25) is 4.79 Å². The van der Waals surface area contributed by atoms with Crippen molar-refractivity contribution in [1.29, 1.82) is 0 Å². The Morgan fingerprint density at radius 1 is 0.895 bits per heavy atom. The molecule has 0 spiro atoms. The molecule has 3 aromatic carbocycles. The molecule has 0 radical (unpaired) electrons. The minimum absolute atomic E-state index is 0.0109. The average Bonchev–Trinajstić information content (AvgIpc) is 3.23. The van der Waals surface area contributed by atoms with E-state index in [1.54, 1.807) is 13.0 Å². The van der Waals surface area contributed by atoms with Crippen LogP contribution >= 0.6 is 11.8 Å². The molecule has 2 aromatic heterocycles. The molecule has 0 unspecified atom stereocenters. The smallest absolute Gasteiger partial charge is 0.264 e. The van der Waals surface area contributed by atoms with Gasteiger partial charge in [-0.1, -0.05) is 48.2 Å². The van der Waals surface area contributed by atoms with Gasteiger partial charge in [-0.2, -0.15) is 0 Å². The third kappa shape index (κ3) is 4.55. The predicted molar refractivity (Wildman–Crippen MR) is 145 cm³/mol. The van der Waals surface area contributed by atoms with Gasteiger partial charge in [0.05, 0.1) is 10.6 Å². The zero-order valence-corrected chi connectivity index (χ0v) is 21.5. The summed E-state index contributed by atoms with van der Waals surface area (Å²) in [7, 11) is -3.88. The number of rotatable bonds is 7. The van der Waals surface area contributed by atoms with Crippen molar-refractivity contribution in [3.05, 3.63) is 78.6 Å². The first-order valence-electron chi connectivity index (χ1n) is 11.5. The SMILES string of the molecule is Cc1ccnc(NS(=O)(=O)c2ccc(NC(=O)CSc3nnc4c(n3)-c3cccc5cccc-4c35)cc2)n1. The third-order valence-electron chi connectivity index (χ3n) is 5.88. The second-order valence-corrected chi connectivity index (χ2v) is 11.1. The van der Waals surface area contributed by atoms with Crippen LogP contribution in [0.3, 0.4) is 0 Å². The first-order chi connectivity index (χ1) is 18.4. The van der Waals surface area contributed by atoms with Crippen molar-refractivity contribution in [3.8, 4) is 22.5 Å². The maximum Gasteiger partial charge on any atom is 0.264 e. The van der Waals surface area contributed by atoms with Gasteiger partial charge in [0.25, 0.3) is 10.0 Å². The van der Waals surface area contributed by atoms with E-state index >= 15 is 0 Å². The molecule has 0 fully saturated rings. The van der Waals surface area contributed by atoms with Gasteiger partial charge in [0, 0.05) is 34.1 Å². The zero-order valence-electron chi connectivity index (χ0n) is 19.9. The van der Waals surface area contributed by atoms with E-state index in [4.69, 9.17) is 0 Å². The molecule has 38 heavy (non-hydrogen) atoms. The summed E-state index contributed by atoms with van der Waals surface area (Å²) in [5.74, 6) is -0.237. The lowest BCUT2D eigenvalue weighted by molar-refractivity contribution is -0.113. The molecule has 5 aromatic rings. The van der Waals surface area contributed by atoms with Crippen molar-refractivity contribution in [2.75, 3.05) is 15.8 Å². The molecule has 0 saturated carbocycles. The number of benzene rings is 3. The number of anilines is 2. The quantitative estimate of drug-likeness (QED) is 0.283. The maximum atomic E-state index is 12.6. The molecule has 188 valence electrons. The third-order valence-corrected chi connectivity index (χ3v) is 8.07. The molecule has 12 heteroatoms. The van der Waals surface area contributed by atoms with E-state index < -0.39 is 10.0 Å². The van der Waals surface area contributed by atoms with Crippen molar-refractivity contribution in [2.45, 2.75) is 17.0 Å². The van der Waals surface area contributed by atoms with Crippen LogP contribution in [-0.2, 0) is 14.8 Å². The van der Waals surface area contributed by atoms with Crippen LogP contribution in [0.5, 0.6) is 0 Å². The number of carbonyl (C=O) groups excluding carboxylic acids is 1. The van der Waals surface area contributed by atoms with Gasteiger partial charge in [-0.15, -0.1) is 10.2 Å². The van der Waals surface area contributed by atoms with E-state index in [0.29, 0.717) is 16.5 Å². The molecular weight excluding hydrogens is 522 g/mol. The Kier molecular flexibility index (Phi) is 5.97. The number of nitrogens with zero attached hydrogens (tertiary/aromatic N) is 5. The summed E-state index contributed by atoms with van der Waals surface area (Å²) in [5.41, 5.74) is 4.61. The van der Waals surface area contributed by atoms with Crippen molar-refractivity contribution >= 4 is 50.1 Å². The van der Waals surface area contributed by atoms with Crippen LogP contribution in [0.25, 0.3) is 33.3 Å². The van der Waals surface area contributed by atoms with E-state index in [1.807, 2.05) is 24.3 Å². The highest BCUT2D eigenvalue weighted by Crippen LogP contribution is 2.44. The van der Waals surface area contributed by atoms with Gasteiger partial charge in [0.1, 0.15) is 11.4 Å². The van der Waals surface area contributed by atoms with Gasteiger partial charge in [0.2, 0.25) is 17.0 Å². The fraction of sp³-hybridized carbons (Fsp3) is 0.0769. The Labute approximate surface area is 222 Å². The van der Waals surface area contributed by atoms with Gasteiger partial charge < -0.3 is 5.32 Å². The monoisotopic (exact) mass is 541 g/mol. The standard InChI is InChI=1S/C26H19N7O3S2/c1-15-12-13-27-25(28-15)33-38(35,36)18-10-8-17(9-11-18)29-21(34)14-37-26-30-23-19-6-2-4-16-5-3-7-20(22(16)19)24(23)31-32-26/h2-13H,14H2,1H3,(H,29,34)(H,27,28,33). The van der Waals surface area contributed by atoms with Crippen molar-refractivity contribution in [2.24, 2.45) is 0 Å². The molecule has 10 nitrogen and oxygen atoms in total. The van der Waals surface area contributed by atoms with Crippen LogP contribution in [0.2, 0.25) is 0 Å². The van der Waals surface area contributed by atoms with Crippen LogP contribution in [0.4, 0.5) is 11.6 Å². The average molecular weight is 542 g/mol. The second-order valence-electron chi connectivity index (χ2n) is 8.49. The number of sulfonamides is 1. The molecular formula is C26H19N7O3S2. The second kappa shape index (κ2) is 9.47. The molecule has 2 heterocycles. The Morgan fingerprint density at radius 3 is 2.37 bits per heavy atom. The molecule has 1 aliphatic carbocycles. The fourth-order valence-electron chi connectivity index (χ4n) is 4.20. The van der Waals surface area contributed by atoms with Crippen molar-refractivity contribution in [1.82, 2.24) is 25.1 Å². The van der Waals surface area contributed by atoms with Gasteiger partial charge in [0.15, 0.2) is 0 Å². The number of aryl methyl sites for hydroxylation is 1. The van der Waals surface area contributed by atoms with E-state index in [-0.39, 0.29) is 22.5 Å². The summed E-state index contributed by atoms with van der Waals surface area (Å²) in [6, 6.07) is 19.6.